The zero-order chi connectivity index (χ0) is 14.1. The van der Waals surface area contributed by atoms with Crippen LogP contribution in [-0.2, 0) is 4.79 Å². The predicted molar refractivity (Wildman–Crippen MR) is 76.4 cm³/mol. The highest BCUT2D eigenvalue weighted by Gasteiger charge is 2.49. The predicted octanol–water partition coefficient (Wildman–Crippen LogP) is 2.16. The lowest BCUT2D eigenvalue weighted by Crippen LogP contribution is -2.64. The van der Waals surface area contributed by atoms with Crippen LogP contribution in [0.2, 0.25) is 0 Å². The molecule has 0 aromatic carbocycles. The second-order valence-electron chi connectivity index (χ2n) is 7.00. The number of carboxylic acid groups (broad SMARTS) is 1. The van der Waals surface area contributed by atoms with E-state index in [1.54, 1.807) is 0 Å². The fourth-order valence-electron chi connectivity index (χ4n) is 4.86. The molecular weight excluding hydrogens is 254 g/mol. The maximum absolute atomic E-state index is 11.7. The standard InChI is InChI=1S/C16H27NO3/c18-15-13(16(19)20)11-8-4-5-9-12(11)17-14(15)10-6-2-1-3-7-10/h10-15,17-18H,1-9H2,(H,19,20). The summed E-state index contributed by atoms with van der Waals surface area (Å²) in [5, 5.41) is 23.9. The Hall–Kier alpha value is -0.610. The largest absolute Gasteiger partial charge is 0.481 e. The van der Waals surface area contributed by atoms with E-state index in [0.29, 0.717) is 12.0 Å². The molecule has 2 aliphatic carbocycles. The van der Waals surface area contributed by atoms with Crippen LogP contribution in [0.25, 0.3) is 0 Å². The first-order chi connectivity index (χ1) is 9.68. The van der Waals surface area contributed by atoms with Gasteiger partial charge in [0.25, 0.3) is 0 Å². The minimum atomic E-state index is -0.795. The van der Waals surface area contributed by atoms with Gasteiger partial charge in [-0.3, -0.25) is 4.79 Å². The highest BCUT2D eigenvalue weighted by Crippen LogP contribution is 2.40. The average Bonchev–Trinajstić information content (AvgIpc) is 2.47. The van der Waals surface area contributed by atoms with Crippen molar-refractivity contribution in [2.24, 2.45) is 17.8 Å². The highest BCUT2D eigenvalue weighted by atomic mass is 16.4. The zero-order valence-electron chi connectivity index (χ0n) is 12.1. The van der Waals surface area contributed by atoms with Crippen LogP contribution in [-0.4, -0.2) is 34.4 Å². The van der Waals surface area contributed by atoms with E-state index in [0.717, 1.165) is 32.1 Å². The van der Waals surface area contributed by atoms with Gasteiger partial charge < -0.3 is 15.5 Å². The Morgan fingerprint density at radius 3 is 2.30 bits per heavy atom. The van der Waals surface area contributed by atoms with E-state index < -0.39 is 18.0 Å². The summed E-state index contributed by atoms with van der Waals surface area (Å²) in [6, 6.07) is 0.302. The molecule has 114 valence electrons. The maximum atomic E-state index is 11.7. The molecule has 2 saturated carbocycles. The summed E-state index contributed by atoms with van der Waals surface area (Å²) in [6.45, 7) is 0. The third-order valence-electron chi connectivity index (χ3n) is 5.87. The molecule has 0 radical (unpaired) electrons. The number of nitrogens with one attached hydrogen (secondary N) is 1. The fraction of sp³-hybridized carbons (Fsp3) is 0.938. The van der Waals surface area contributed by atoms with Crippen molar-refractivity contribution in [3.8, 4) is 0 Å². The van der Waals surface area contributed by atoms with Crippen molar-refractivity contribution >= 4 is 5.97 Å². The Morgan fingerprint density at radius 1 is 0.950 bits per heavy atom. The second-order valence-corrected chi connectivity index (χ2v) is 7.00. The van der Waals surface area contributed by atoms with E-state index in [1.807, 2.05) is 0 Å². The number of fused-ring (bicyclic) bond motifs is 1. The molecule has 0 aromatic heterocycles. The molecule has 5 unspecified atom stereocenters. The number of carboxylic acids is 1. The molecule has 4 heteroatoms. The van der Waals surface area contributed by atoms with E-state index in [9.17, 15) is 15.0 Å². The van der Waals surface area contributed by atoms with E-state index >= 15 is 0 Å². The van der Waals surface area contributed by atoms with Crippen LogP contribution < -0.4 is 5.32 Å². The molecule has 0 aromatic rings. The molecule has 1 aliphatic heterocycles. The van der Waals surface area contributed by atoms with E-state index in [2.05, 4.69) is 5.32 Å². The topological polar surface area (TPSA) is 69.6 Å². The van der Waals surface area contributed by atoms with Crippen LogP contribution in [0.5, 0.6) is 0 Å². The summed E-state index contributed by atoms with van der Waals surface area (Å²) >= 11 is 0. The number of carbonyl (C=O) groups is 1. The second kappa shape index (κ2) is 6.02. The Morgan fingerprint density at radius 2 is 1.60 bits per heavy atom. The summed E-state index contributed by atoms with van der Waals surface area (Å²) in [6.07, 6.45) is 9.61. The zero-order valence-corrected chi connectivity index (χ0v) is 12.1. The first-order valence-electron chi connectivity index (χ1n) is 8.35. The number of aliphatic hydroxyl groups is 1. The van der Waals surface area contributed by atoms with Crippen molar-refractivity contribution in [1.29, 1.82) is 0 Å². The minimum absolute atomic E-state index is 0.00394. The monoisotopic (exact) mass is 281 g/mol. The molecule has 1 saturated heterocycles. The van der Waals surface area contributed by atoms with Crippen molar-refractivity contribution in [3.63, 3.8) is 0 Å². The van der Waals surface area contributed by atoms with Gasteiger partial charge in [0, 0.05) is 12.1 Å². The molecule has 3 aliphatic rings. The van der Waals surface area contributed by atoms with Crippen molar-refractivity contribution in [3.05, 3.63) is 0 Å². The quantitative estimate of drug-likeness (QED) is 0.725. The molecule has 5 atom stereocenters. The van der Waals surface area contributed by atoms with Crippen molar-refractivity contribution in [2.75, 3.05) is 0 Å². The van der Waals surface area contributed by atoms with Crippen LogP contribution in [0, 0.1) is 17.8 Å². The summed E-state index contributed by atoms with van der Waals surface area (Å²) < 4.78 is 0. The summed E-state index contributed by atoms with van der Waals surface area (Å²) in [4.78, 5) is 11.7. The number of hydrogen-bond acceptors (Lipinski definition) is 3. The number of piperidine rings is 1. The van der Waals surface area contributed by atoms with Crippen molar-refractivity contribution < 1.29 is 15.0 Å². The fourth-order valence-corrected chi connectivity index (χ4v) is 4.86. The highest BCUT2D eigenvalue weighted by molar-refractivity contribution is 5.71. The van der Waals surface area contributed by atoms with Crippen LogP contribution in [0.15, 0.2) is 0 Å². The SMILES string of the molecule is O=C(O)C1C(O)C(C2CCCCC2)NC2CCCCC21. The van der Waals surface area contributed by atoms with Gasteiger partial charge >= 0.3 is 5.97 Å². The van der Waals surface area contributed by atoms with Gasteiger partial charge in [0.2, 0.25) is 0 Å². The maximum Gasteiger partial charge on any atom is 0.309 e. The first-order valence-corrected chi connectivity index (χ1v) is 8.35. The lowest BCUT2D eigenvalue weighted by atomic mass is 9.66. The molecule has 3 rings (SSSR count). The summed E-state index contributed by atoms with van der Waals surface area (Å²) in [5.41, 5.74) is 0. The van der Waals surface area contributed by atoms with Crippen LogP contribution in [0.4, 0.5) is 0 Å². The van der Waals surface area contributed by atoms with Crippen LogP contribution in [0.3, 0.4) is 0 Å². The lowest BCUT2D eigenvalue weighted by molar-refractivity contribution is -0.156. The number of aliphatic hydroxyl groups excluding tert-OH is 1. The summed E-state index contributed by atoms with van der Waals surface area (Å²) in [5.74, 6) is -0.773. The third-order valence-corrected chi connectivity index (χ3v) is 5.87. The minimum Gasteiger partial charge on any atom is -0.481 e. The van der Waals surface area contributed by atoms with Gasteiger partial charge in [0.05, 0.1) is 12.0 Å². The van der Waals surface area contributed by atoms with Gasteiger partial charge in [-0.25, -0.2) is 0 Å². The van der Waals surface area contributed by atoms with Crippen LogP contribution >= 0.6 is 0 Å². The van der Waals surface area contributed by atoms with Crippen LogP contribution in [0.1, 0.15) is 57.8 Å². The van der Waals surface area contributed by atoms with Gasteiger partial charge in [-0.05, 0) is 37.5 Å². The van der Waals surface area contributed by atoms with E-state index in [-0.39, 0.29) is 12.0 Å². The number of aliphatic carboxylic acids is 1. The van der Waals surface area contributed by atoms with Gasteiger partial charge in [0.15, 0.2) is 0 Å². The molecular formula is C16H27NO3. The Labute approximate surface area is 120 Å². The smallest absolute Gasteiger partial charge is 0.309 e. The normalized spacial score (nSPS) is 43.0. The average molecular weight is 281 g/mol. The molecule has 0 bridgehead atoms. The molecule has 4 nitrogen and oxygen atoms in total. The molecule has 1 heterocycles. The van der Waals surface area contributed by atoms with Crippen molar-refractivity contribution in [1.82, 2.24) is 5.32 Å². The van der Waals surface area contributed by atoms with Gasteiger partial charge in [0.1, 0.15) is 0 Å². The molecule has 3 N–H and O–H groups in total. The Bertz CT molecular complexity index is 354. The van der Waals surface area contributed by atoms with E-state index in [4.69, 9.17) is 0 Å². The van der Waals surface area contributed by atoms with Crippen molar-refractivity contribution in [2.45, 2.75) is 76.0 Å². The molecule has 3 fully saturated rings. The lowest BCUT2D eigenvalue weighted by Gasteiger charge is -2.49. The Kier molecular flexibility index (Phi) is 4.32. The summed E-state index contributed by atoms with van der Waals surface area (Å²) in [7, 11) is 0. The molecule has 20 heavy (non-hydrogen) atoms. The van der Waals surface area contributed by atoms with Gasteiger partial charge in [-0.2, -0.15) is 0 Å². The molecule has 0 amide bonds. The number of hydrogen-bond donors (Lipinski definition) is 3. The molecule has 0 spiro atoms. The first kappa shape index (κ1) is 14.3. The van der Waals surface area contributed by atoms with Gasteiger partial charge in [-0.15, -0.1) is 0 Å². The van der Waals surface area contributed by atoms with Gasteiger partial charge in [-0.1, -0.05) is 32.1 Å². The Balaban J connectivity index is 1.79. The van der Waals surface area contributed by atoms with E-state index in [1.165, 1.54) is 25.7 Å². The third kappa shape index (κ3) is 2.60. The number of rotatable bonds is 2.